The van der Waals surface area contributed by atoms with Gasteiger partial charge in [0.05, 0.1) is 10.5 Å². The number of nitro benzene ring substituents is 1. The van der Waals surface area contributed by atoms with Crippen LogP contribution in [0.2, 0.25) is 0 Å². The zero-order valence-corrected chi connectivity index (χ0v) is 10.5. The van der Waals surface area contributed by atoms with Crippen LogP contribution in [-0.2, 0) is 0 Å². The van der Waals surface area contributed by atoms with Gasteiger partial charge in [-0.05, 0) is 24.6 Å². The van der Waals surface area contributed by atoms with Crippen molar-refractivity contribution in [2.45, 2.75) is 6.92 Å². The van der Waals surface area contributed by atoms with Crippen molar-refractivity contribution >= 4 is 17.4 Å². The molecular formula is C13H11N3O4. The first-order valence-corrected chi connectivity index (χ1v) is 5.69. The number of phenols is 1. The number of nitrogens with zero attached hydrogens (tertiary/aromatic N) is 2. The van der Waals surface area contributed by atoms with Crippen LogP contribution in [0.5, 0.6) is 5.75 Å². The summed E-state index contributed by atoms with van der Waals surface area (Å²) in [6, 6.07) is 7.11. The minimum Gasteiger partial charge on any atom is -0.502 e. The molecule has 0 saturated carbocycles. The van der Waals surface area contributed by atoms with Gasteiger partial charge in [0, 0.05) is 12.3 Å². The van der Waals surface area contributed by atoms with E-state index in [4.69, 9.17) is 0 Å². The van der Waals surface area contributed by atoms with Crippen molar-refractivity contribution in [1.82, 2.24) is 4.98 Å². The van der Waals surface area contributed by atoms with Crippen LogP contribution in [0.3, 0.4) is 0 Å². The molecule has 7 nitrogen and oxygen atoms in total. The first-order valence-electron chi connectivity index (χ1n) is 5.69. The van der Waals surface area contributed by atoms with Crippen molar-refractivity contribution in [2.75, 3.05) is 5.32 Å². The molecule has 2 rings (SSSR count). The maximum Gasteiger partial charge on any atom is 0.311 e. The van der Waals surface area contributed by atoms with Gasteiger partial charge in [0.25, 0.3) is 5.91 Å². The number of aromatic nitrogens is 1. The Bertz CT molecular complexity index is 668. The summed E-state index contributed by atoms with van der Waals surface area (Å²) in [7, 11) is 0. The van der Waals surface area contributed by atoms with Crippen LogP contribution in [0.1, 0.15) is 15.9 Å². The third kappa shape index (κ3) is 2.72. The molecule has 1 amide bonds. The van der Waals surface area contributed by atoms with Gasteiger partial charge in [0.2, 0.25) is 5.75 Å². The highest BCUT2D eigenvalue weighted by Gasteiger charge is 2.21. The largest absolute Gasteiger partial charge is 0.502 e. The Kier molecular flexibility index (Phi) is 3.60. The molecule has 0 atom stereocenters. The van der Waals surface area contributed by atoms with E-state index in [0.29, 0.717) is 5.82 Å². The lowest BCUT2D eigenvalue weighted by Crippen LogP contribution is -2.13. The summed E-state index contributed by atoms with van der Waals surface area (Å²) in [6.07, 6.45) is 1.57. The number of phenolic OH excluding ortho intramolecular Hbond substituents is 1. The fourth-order valence-electron chi connectivity index (χ4n) is 1.59. The highest BCUT2D eigenvalue weighted by molar-refractivity contribution is 6.06. The Morgan fingerprint density at radius 1 is 1.35 bits per heavy atom. The molecule has 0 aliphatic carbocycles. The molecule has 20 heavy (non-hydrogen) atoms. The van der Waals surface area contributed by atoms with Crippen LogP contribution >= 0.6 is 0 Å². The molecule has 0 aliphatic rings. The van der Waals surface area contributed by atoms with Crippen LogP contribution < -0.4 is 5.32 Å². The third-order valence-corrected chi connectivity index (χ3v) is 2.61. The number of carbonyl (C=O) groups is 1. The number of anilines is 1. The molecule has 0 radical (unpaired) electrons. The van der Waals surface area contributed by atoms with Gasteiger partial charge < -0.3 is 10.4 Å². The average Bonchev–Trinajstić information content (AvgIpc) is 2.41. The van der Waals surface area contributed by atoms with Gasteiger partial charge in [-0.1, -0.05) is 12.1 Å². The number of benzene rings is 1. The zero-order chi connectivity index (χ0) is 14.7. The number of para-hydroxylation sites is 1. The standard InChI is InChI=1S/C13H11N3O4/c1-8-5-6-11(14-7-8)15-13(18)9-3-2-4-10(12(9)17)16(19)20/h2-7,17H,1H3,(H,14,15,18). The summed E-state index contributed by atoms with van der Waals surface area (Å²) in [6.45, 7) is 1.85. The first-order chi connectivity index (χ1) is 9.49. The predicted molar refractivity (Wildman–Crippen MR) is 71.7 cm³/mol. The molecule has 0 spiro atoms. The van der Waals surface area contributed by atoms with Crippen LogP contribution in [0.25, 0.3) is 0 Å². The minimum absolute atomic E-state index is 0.179. The van der Waals surface area contributed by atoms with Crippen molar-refractivity contribution in [2.24, 2.45) is 0 Å². The second-order valence-electron chi connectivity index (χ2n) is 4.11. The van der Waals surface area contributed by atoms with E-state index in [1.807, 2.05) is 6.92 Å². The molecule has 1 aromatic heterocycles. The van der Waals surface area contributed by atoms with Gasteiger partial charge in [-0.25, -0.2) is 4.98 Å². The number of aryl methyl sites for hydroxylation is 1. The van der Waals surface area contributed by atoms with E-state index in [0.717, 1.165) is 11.6 Å². The molecule has 0 fully saturated rings. The Morgan fingerprint density at radius 3 is 2.70 bits per heavy atom. The van der Waals surface area contributed by atoms with E-state index >= 15 is 0 Å². The molecule has 7 heteroatoms. The number of nitro groups is 1. The van der Waals surface area contributed by atoms with E-state index < -0.39 is 22.3 Å². The van der Waals surface area contributed by atoms with Gasteiger partial charge >= 0.3 is 5.69 Å². The van der Waals surface area contributed by atoms with Gasteiger partial charge in [-0.3, -0.25) is 14.9 Å². The van der Waals surface area contributed by atoms with Gasteiger partial charge in [0.15, 0.2) is 0 Å². The van der Waals surface area contributed by atoms with E-state index in [1.54, 1.807) is 18.3 Å². The molecule has 1 aromatic carbocycles. The second kappa shape index (κ2) is 5.35. The molecule has 0 bridgehead atoms. The van der Waals surface area contributed by atoms with Crippen molar-refractivity contribution in [3.63, 3.8) is 0 Å². The number of aromatic hydroxyl groups is 1. The zero-order valence-electron chi connectivity index (χ0n) is 10.5. The fraction of sp³-hybridized carbons (Fsp3) is 0.0769. The highest BCUT2D eigenvalue weighted by Crippen LogP contribution is 2.29. The SMILES string of the molecule is Cc1ccc(NC(=O)c2cccc([N+](=O)[O-])c2O)nc1. The Balaban J connectivity index is 2.28. The summed E-state index contributed by atoms with van der Waals surface area (Å²) in [4.78, 5) is 25.9. The number of pyridine rings is 1. The number of carbonyl (C=O) groups excluding carboxylic acids is 1. The summed E-state index contributed by atoms with van der Waals surface area (Å²) in [5, 5.41) is 22.9. The number of amides is 1. The summed E-state index contributed by atoms with van der Waals surface area (Å²) < 4.78 is 0. The summed E-state index contributed by atoms with van der Waals surface area (Å²) in [5.74, 6) is -1.03. The second-order valence-corrected chi connectivity index (χ2v) is 4.11. The molecule has 0 aliphatic heterocycles. The molecule has 2 N–H and O–H groups in total. The number of hydrogen-bond acceptors (Lipinski definition) is 5. The summed E-state index contributed by atoms with van der Waals surface area (Å²) in [5.41, 5.74) is 0.234. The minimum atomic E-state index is -0.754. The van der Waals surface area contributed by atoms with Crippen molar-refractivity contribution in [3.05, 3.63) is 57.8 Å². The van der Waals surface area contributed by atoms with Gasteiger partial charge in [-0.15, -0.1) is 0 Å². The Hall–Kier alpha value is -2.96. The lowest BCUT2D eigenvalue weighted by molar-refractivity contribution is -0.385. The monoisotopic (exact) mass is 273 g/mol. The quantitative estimate of drug-likeness (QED) is 0.659. The fourth-order valence-corrected chi connectivity index (χ4v) is 1.59. The molecule has 0 unspecified atom stereocenters. The molecular weight excluding hydrogens is 262 g/mol. The maximum absolute atomic E-state index is 12.0. The van der Waals surface area contributed by atoms with Crippen molar-refractivity contribution < 1.29 is 14.8 Å². The number of hydrogen-bond donors (Lipinski definition) is 2. The predicted octanol–water partition coefficient (Wildman–Crippen LogP) is 2.26. The third-order valence-electron chi connectivity index (χ3n) is 2.61. The van der Waals surface area contributed by atoms with Crippen LogP contribution in [0, 0.1) is 17.0 Å². The molecule has 0 saturated heterocycles. The topological polar surface area (TPSA) is 105 Å². The molecule has 2 aromatic rings. The van der Waals surface area contributed by atoms with E-state index in [-0.39, 0.29) is 5.56 Å². The van der Waals surface area contributed by atoms with Crippen LogP contribution in [-0.4, -0.2) is 20.9 Å². The van der Waals surface area contributed by atoms with E-state index in [9.17, 15) is 20.0 Å². The Labute approximate surface area is 114 Å². The number of rotatable bonds is 3. The molecule has 102 valence electrons. The van der Waals surface area contributed by atoms with Gasteiger partial charge in [0.1, 0.15) is 5.82 Å². The van der Waals surface area contributed by atoms with E-state index in [2.05, 4.69) is 10.3 Å². The lowest BCUT2D eigenvalue weighted by atomic mass is 10.1. The van der Waals surface area contributed by atoms with Crippen LogP contribution in [0.4, 0.5) is 11.5 Å². The highest BCUT2D eigenvalue weighted by atomic mass is 16.6. The Morgan fingerprint density at radius 2 is 2.10 bits per heavy atom. The number of nitrogens with one attached hydrogen (secondary N) is 1. The van der Waals surface area contributed by atoms with Crippen LogP contribution in [0.15, 0.2) is 36.5 Å². The van der Waals surface area contributed by atoms with Crippen molar-refractivity contribution in [3.8, 4) is 5.75 Å². The van der Waals surface area contributed by atoms with E-state index in [1.165, 1.54) is 12.1 Å². The lowest BCUT2D eigenvalue weighted by Gasteiger charge is -2.06. The van der Waals surface area contributed by atoms with Crippen molar-refractivity contribution in [1.29, 1.82) is 0 Å². The normalized spacial score (nSPS) is 10.1. The first kappa shape index (κ1) is 13.5. The van der Waals surface area contributed by atoms with Gasteiger partial charge in [-0.2, -0.15) is 0 Å². The summed E-state index contributed by atoms with van der Waals surface area (Å²) >= 11 is 0. The maximum atomic E-state index is 12.0. The average molecular weight is 273 g/mol. The molecule has 1 heterocycles. The smallest absolute Gasteiger partial charge is 0.311 e.